The predicted octanol–water partition coefficient (Wildman–Crippen LogP) is 14.2. The van der Waals surface area contributed by atoms with E-state index in [0.717, 1.165) is 50.7 Å². The Hall–Kier alpha value is -7.33. The monoisotopic (exact) mass is 1030 g/mol. The summed E-state index contributed by atoms with van der Waals surface area (Å²) in [6.07, 6.45) is 6.13. The average molecular weight is 1030 g/mol. The molecule has 0 aliphatic heterocycles. The van der Waals surface area contributed by atoms with Gasteiger partial charge in [-0.25, -0.2) is 4.98 Å². The summed E-state index contributed by atoms with van der Waals surface area (Å²) in [6.45, 7) is 6.65. The molecule has 318 valence electrons. The number of para-hydroxylation sites is 3. The summed E-state index contributed by atoms with van der Waals surface area (Å²) in [6, 6.07) is 44.0. The summed E-state index contributed by atoms with van der Waals surface area (Å²) in [7, 11) is 0. The molecule has 5 nitrogen and oxygen atoms in total. The minimum absolute atomic E-state index is 0. The minimum Gasteiger partial charge on any atom is -0.510 e. The molecule has 0 spiro atoms. The SMILES string of the molecule is [2H]c1c([2H])c([2H])c(-c2cccc(-c3c([2H])c([2H])c([2H])c([2H])c3[2H])c2-[n+]2[c-]n(-c3[c-]c(Oc4[c-]c5c(cc4)c4cc(-c6ccccc6)ccc4n5-c4cc(CC(C)(C)C)ccn4)ccc3)c3ccccc32)c([2H])c1[2H].[Pt]. The molecular weight excluding hydrogens is 976 g/mol. The Balaban J connectivity index is 0.00000641. The molecule has 0 aliphatic rings. The van der Waals surface area contributed by atoms with Gasteiger partial charge < -0.3 is 13.9 Å². The van der Waals surface area contributed by atoms with Crippen LogP contribution < -0.4 is 9.30 Å². The molecule has 0 unspecified atom stereocenters. The van der Waals surface area contributed by atoms with Crippen molar-refractivity contribution in [2.75, 3.05) is 0 Å². The largest absolute Gasteiger partial charge is 0.510 e. The Morgan fingerprint density at radius 1 is 0.615 bits per heavy atom. The normalized spacial score (nSPS) is 13.7. The van der Waals surface area contributed by atoms with Crippen LogP contribution in [0.4, 0.5) is 0 Å². The van der Waals surface area contributed by atoms with Crippen LogP contribution in [0.1, 0.15) is 40.0 Å². The van der Waals surface area contributed by atoms with Gasteiger partial charge in [0.2, 0.25) is 0 Å². The first-order valence-corrected chi connectivity index (χ1v) is 20.9. The summed E-state index contributed by atoms with van der Waals surface area (Å²) in [4.78, 5) is 4.89. The van der Waals surface area contributed by atoms with Crippen molar-refractivity contribution in [3.05, 3.63) is 224 Å². The van der Waals surface area contributed by atoms with Crippen LogP contribution in [0.15, 0.2) is 200 Å². The topological polar surface area (TPSA) is 35.9 Å². The molecule has 0 aliphatic carbocycles. The number of aromatic nitrogens is 4. The van der Waals surface area contributed by atoms with E-state index in [1.165, 1.54) is 0 Å². The fourth-order valence-corrected chi connectivity index (χ4v) is 8.44. The molecule has 8 aromatic carbocycles. The van der Waals surface area contributed by atoms with Crippen molar-refractivity contribution in [3.8, 4) is 62.1 Å². The van der Waals surface area contributed by atoms with E-state index in [0.29, 0.717) is 28.2 Å². The molecule has 0 amide bonds. The molecule has 0 saturated carbocycles. The van der Waals surface area contributed by atoms with Gasteiger partial charge in [-0.2, -0.15) is 18.2 Å². The molecule has 0 radical (unpaired) electrons. The van der Waals surface area contributed by atoms with Crippen LogP contribution in [-0.4, -0.2) is 14.1 Å². The van der Waals surface area contributed by atoms with Crippen molar-refractivity contribution in [1.29, 1.82) is 0 Å². The second-order valence-electron chi connectivity index (χ2n) is 16.7. The molecule has 3 aromatic heterocycles. The second-order valence-corrected chi connectivity index (χ2v) is 16.7. The Bertz CT molecular complexity index is 3950. The van der Waals surface area contributed by atoms with E-state index in [-0.39, 0.29) is 54.4 Å². The molecule has 0 bridgehead atoms. The number of fused-ring (bicyclic) bond motifs is 4. The van der Waals surface area contributed by atoms with Gasteiger partial charge in [0.05, 0.1) is 30.4 Å². The molecule has 0 fully saturated rings. The van der Waals surface area contributed by atoms with Crippen LogP contribution in [-0.2, 0) is 27.5 Å². The summed E-state index contributed by atoms with van der Waals surface area (Å²) >= 11 is 0. The van der Waals surface area contributed by atoms with E-state index in [1.54, 1.807) is 33.4 Å². The van der Waals surface area contributed by atoms with Crippen molar-refractivity contribution < 1.29 is 44.1 Å². The number of imidazole rings is 1. The predicted molar refractivity (Wildman–Crippen MR) is 259 cm³/mol. The van der Waals surface area contributed by atoms with Crippen LogP contribution in [0.5, 0.6) is 11.5 Å². The number of rotatable bonds is 9. The quantitative estimate of drug-likeness (QED) is 0.107. The van der Waals surface area contributed by atoms with Gasteiger partial charge in [0, 0.05) is 44.3 Å². The van der Waals surface area contributed by atoms with Crippen LogP contribution in [0.2, 0.25) is 0 Å². The molecule has 11 rings (SSSR count). The average Bonchev–Trinajstić information content (AvgIpc) is 3.96. The Morgan fingerprint density at radius 3 is 2.05 bits per heavy atom. The van der Waals surface area contributed by atoms with Gasteiger partial charge in [-0.05, 0) is 80.1 Å². The van der Waals surface area contributed by atoms with Gasteiger partial charge in [0.1, 0.15) is 5.82 Å². The third-order valence-corrected chi connectivity index (χ3v) is 11.1. The van der Waals surface area contributed by atoms with Gasteiger partial charge in [-0.3, -0.25) is 4.57 Å². The van der Waals surface area contributed by atoms with Gasteiger partial charge in [0.25, 0.3) is 6.33 Å². The maximum Gasteiger partial charge on any atom is 0.268 e. The number of benzene rings is 8. The number of hydrogen-bond donors (Lipinski definition) is 0. The fraction of sp³-hybridized carbons (Fsp3) is 0.0847. The van der Waals surface area contributed by atoms with Crippen LogP contribution in [0.3, 0.4) is 0 Å². The van der Waals surface area contributed by atoms with Crippen molar-refractivity contribution in [3.63, 3.8) is 0 Å². The van der Waals surface area contributed by atoms with E-state index in [4.69, 9.17) is 23.4 Å². The zero-order valence-electron chi connectivity index (χ0n) is 45.5. The van der Waals surface area contributed by atoms with Crippen molar-refractivity contribution in [2.24, 2.45) is 5.41 Å². The Kier molecular flexibility index (Phi) is 8.40. The molecular formula is C59H44N4OPt-2. The van der Waals surface area contributed by atoms with Crippen LogP contribution in [0.25, 0.3) is 83.4 Å². The van der Waals surface area contributed by atoms with E-state index in [2.05, 4.69) is 86.3 Å². The van der Waals surface area contributed by atoms with Gasteiger partial charge in [-0.1, -0.05) is 172 Å². The summed E-state index contributed by atoms with van der Waals surface area (Å²) in [5.74, 6) is 1.54. The van der Waals surface area contributed by atoms with Crippen LogP contribution >= 0.6 is 0 Å². The van der Waals surface area contributed by atoms with Crippen molar-refractivity contribution in [2.45, 2.75) is 27.2 Å². The van der Waals surface area contributed by atoms with Gasteiger partial charge in [-0.15, -0.1) is 29.7 Å². The molecule has 0 atom stereocenters. The molecule has 0 N–H and O–H groups in total. The number of pyridine rings is 1. The maximum absolute atomic E-state index is 9.03. The van der Waals surface area contributed by atoms with E-state index in [9.17, 15) is 0 Å². The molecule has 65 heavy (non-hydrogen) atoms. The van der Waals surface area contributed by atoms with E-state index in [1.807, 2.05) is 72.9 Å². The summed E-state index contributed by atoms with van der Waals surface area (Å²) in [5.41, 5.74) is 6.95. The second kappa shape index (κ2) is 17.3. The first kappa shape index (κ1) is 31.5. The molecule has 3 heterocycles. The molecule has 6 heteroatoms. The summed E-state index contributed by atoms with van der Waals surface area (Å²) < 4.78 is 99.2. The van der Waals surface area contributed by atoms with Crippen molar-refractivity contribution >= 4 is 32.8 Å². The zero-order valence-corrected chi connectivity index (χ0v) is 37.8. The van der Waals surface area contributed by atoms with Gasteiger partial charge >= 0.3 is 0 Å². The number of ether oxygens (including phenoxy) is 1. The first-order chi connectivity index (χ1) is 35.5. The third-order valence-electron chi connectivity index (χ3n) is 11.1. The van der Waals surface area contributed by atoms with E-state index < -0.39 is 60.4 Å². The van der Waals surface area contributed by atoms with Gasteiger partial charge in [0.15, 0.2) is 0 Å². The van der Waals surface area contributed by atoms with E-state index >= 15 is 0 Å². The minimum atomic E-state index is -0.573. The summed E-state index contributed by atoms with van der Waals surface area (Å²) in [5, 5.41) is 2.00. The fourth-order valence-electron chi connectivity index (χ4n) is 8.44. The number of nitrogens with zero attached hydrogens (tertiary/aromatic N) is 4. The molecule has 11 aromatic rings. The smallest absolute Gasteiger partial charge is 0.268 e. The Labute approximate surface area is 408 Å². The van der Waals surface area contributed by atoms with Crippen molar-refractivity contribution in [1.82, 2.24) is 14.1 Å². The Morgan fingerprint density at radius 2 is 1.31 bits per heavy atom. The van der Waals surface area contributed by atoms with Crippen LogP contribution in [0, 0.1) is 23.9 Å². The number of hydrogen-bond acceptors (Lipinski definition) is 2. The third kappa shape index (κ3) is 8.09. The maximum atomic E-state index is 9.03. The standard InChI is InChI=1S/C59H44N4O.Pt/c1-59(2,3)39-41-33-34-60-57(35-41)63-53-32-29-45(42-17-7-4-8-18-42)36-52(53)51-31-30-48(38-56(51)63)64-47-24-15-23-46(37-47)61-40-62(55-28-14-13-27-54(55)61)58-49(43-19-9-5-10-20-43)25-16-26-50(58)44-21-11-6-12-22-44;/h4-36H,39H2,1-3H3;/q-2;/i5D,6D,9D,10D,11D,12D,19D,20D,21D,22D;. The first-order valence-electron chi connectivity index (χ1n) is 25.9. The zero-order chi connectivity index (χ0) is 51.9. The molecule has 0 saturated heterocycles.